The molecule has 3 fully saturated rings. The molecule has 1 atom stereocenters. The van der Waals surface area contributed by atoms with Gasteiger partial charge in [0.25, 0.3) is 0 Å². The summed E-state index contributed by atoms with van der Waals surface area (Å²) in [6.07, 6.45) is 11.0. The fourth-order valence-electron chi connectivity index (χ4n) is 3.50. The third-order valence-corrected chi connectivity index (χ3v) is 4.73. The maximum Gasteiger partial charge on any atom is 0.309 e. The number of carbonyl (C=O) groups is 1. The molecule has 0 unspecified atom stereocenters. The van der Waals surface area contributed by atoms with Crippen molar-refractivity contribution in [3.63, 3.8) is 0 Å². The molecule has 1 aliphatic carbocycles. The lowest BCUT2D eigenvalue weighted by atomic mass is 9.85. The number of fused-ring (bicyclic) bond motifs is 3. The van der Waals surface area contributed by atoms with E-state index in [2.05, 4.69) is 17.1 Å². The average Bonchev–Trinajstić information content (AvgIpc) is 2.69. The van der Waals surface area contributed by atoms with Crippen LogP contribution in [-0.4, -0.2) is 36.6 Å². The molecule has 0 saturated carbocycles. The minimum Gasteiger partial charge on any atom is -0.460 e. The molecule has 18 heavy (non-hydrogen) atoms. The lowest BCUT2D eigenvalue weighted by molar-refractivity contribution is -0.164. The van der Waals surface area contributed by atoms with Crippen molar-refractivity contribution in [2.75, 3.05) is 19.6 Å². The van der Waals surface area contributed by atoms with Gasteiger partial charge in [-0.3, -0.25) is 9.69 Å². The Bertz CT molecular complexity index is 321. The zero-order valence-electron chi connectivity index (χ0n) is 11.0. The highest BCUT2D eigenvalue weighted by Crippen LogP contribution is 2.31. The van der Waals surface area contributed by atoms with Gasteiger partial charge in [0, 0.05) is 6.54 Å². The van der Waals surface area contributed by atoms with Gasteiger partial charge in [-0.25, -0.2) is 0 Å². The zero-order valence-corrected chi connectivity index (χ0v) is 11.0. The first-order chi connectivity index (χ1) is 8.83. The summed E-state index contributed by atoms with van der Waals surface area (Å²) in [5.41, 5.74) is 0. The van der Waals surface area contributed by atoms with Crippen LogP contribution in [0.5, 0.6) is 0 Å². The topological polar surface area (TPSA) is 29.5 Å². The fraction of sp³-hybridized carbons (Fsp3) is 0.800. The number of nitrogens with zero attached hydrogens (tertiary/aromatic N) is 1. The average molecular weight is 249 g/mol. The quantitative estimate of drug-likeness (QED) is 0.556. The van der Waals surface area contributed by atoms with E-state index < -0.39 is 0 Å². The molecule has 0 N–H and O–H groups in total. The first-order valence-corrected chi connectivity index (χ1v) is 7.41. The van der Waals surface area contributed by atoms with Gasteiger partial charge in [-0.2, -0.15) is 0 Å². The predicted molar refractivity (Wildman–Crippen MR) is 70.1 cm³/mol. The SMILES string of the molecule is O=C(O[C@H]1CN2CCC1CC2)C1CCC=CCC1. The molecule has 0 aromatic rings. The van der Waals surface area contributed by atoms with Crippen LogP contribution in [0.4, 0.5) is 0 Å². The van der Waals surface area contributed by atoms with Gasteiger partial charge in [-0.1, -0.05) is 12.2 Å². The van der Waals surface area contributed by atoms with Crippen molar-refractivity contribution in [3.05, 3.63) is 12.2 Å². The third kappa shape index (κ3) is 2.61. The number of ether oxygens (including phenoxy) is 1. The predicted octanol–water partition coefficient (Wildman–Crippen LogP) is 2.37. The minimum absolute atomic E-state index is 0.0671. The maximum atomic E-state index is 12.2. The van der Waals surface area contributed by atoms with Gasteiger partial charge in [0.15, 0.2) is 0 Å². The number of piperidine rings is 3. The molecule has 3 saturated heterocycles. The molecular formula is C15H23NO2. The summed E-state index contributed by atoms with van der Waals surface area (Å²) < 4.78 is 5.81. The molecule has 0 spiro atoms. The van der Waals surface area contributed by atoms with Crippen LogP contribution in [-0.2, 0) is 9.53 Å². The summed E-state index contributed by atoms with van der Waals surface area (Å²) in [6.45, 7) is 3.37. The number of esters is 1. The van der Waals surface area contributed by atoms with Gasteiger partial charge in [0.05, 0.1) is 5.92 Å². The van der Waals surface area contributed by atoms with Crippen LogP contribution in [0.25, 0.3) is 0 Å². The lowest BCUT2D eigenvalue weighted by Gasteiger charge is -2.44. The minimum atomic E-state index is 0.0671. The molecular weight excluding hydrogens is 226 g/mol. The summed E-state index contributed by atoms with van der Waals surface area (Å²) in [5, 5.41) is 0. The van der Waals surface area contributed by atoms with Crippen LogP contribution in [0.2, 0.25) is 0 Å². The molecule has 3 heteroatoms. The van der Waals surface area contributed by atoms with E-state index in [0.29, 0.717) is 5.92 Å². The summed E-state index contributed by atoms with van der Waals surface area (Å²) in [7, 11) is 0. The van der Waals surface area contributed by atoms with Crippen LogP contribution in [0.3, 0.4) is 0 Å². The van der Waals surface area contributed by atoms with Gasteiger partial charge in [0.1, 0.15) is 6.10 Å². The number of hydrogen-bond acceptors (Lipinski definition) is 3. The Kier molecular flexibility index (Phi) is 3.69. The first-order valence-electron chi connectivity index (χ1n) is 7.41. The molecule has 3 aliphatic heterocycles. The second-order valence-corrected chi connectivity index (χ2v) is 5.94. The number of rotatable bonds is 2. The van der Waals surface area contributed by atoms with Crippen LogP contribution < -0.4 is 0 Å². The van der Waals surface area contributed by atoms with Crippen molar-refractivity contribution in [1.82, 2.24) is 4.90 Å². The van der Waals surface area contributed by atoms with Crippen molar-refractivity contribution >= 4 is 5.97 Å². The van der Waals surface area contributed by atoms with E-state index >= 15 is 0 Å². The monoisotopic (exact) mass is 249 g/mol. The molecule has 0 radical (unpaired) electrons. The molecule has 4 rings (SSSR count). The van der Waals surface area contributed by atoms with Crippen molar-refractivity contribution < 1.29 is 9.53 Å². The number of allylic oxidation sites excluding steroid dienone is 2. The van der Waals surface area contributed by atoms with Crippen molar-refractivity contribution in [1.29, 1.82) is 0 Å². The summed E-state index contributed by atoms with van der Waals surface area (Å²) in [4.78, 5) is 14.7. The Morgan fingerprint density at radius 2 is 1.72 bits per heavy atom. The van der Waals surface area contributed by atoms with E-state index in [9.17, 15) is 4.79 Å². The van der Waals surface area contributed by atoms with Crippen molar-refractivity contribution in [2.24, 2.45) is 11.8 Å². The molecule has 0 aromatic carbocycles. The van der Waals surface area contributed by atoms with Gasteiger partial charge in [-0.15, -0.1) is 0 Å². The van der Waals surface area contributed by atoms with Gasteiger partial charge in [0.2, 0.25) is 0 Å². The molecule has 2 bridgehead atoms. The van der Waals surface area contributed by atoms with Crippen molar-refractivity contribution in [3.8, 4) is 0 Å². The Morgan fingerprint density at radius 1 is 1.06 bits per heavy atom. The Balaban J connectivity index is 1.54. The molecule has 100 valence electrons. The molecule has 0 amide bonds. The van der Waals surface area contributed by atoms with Crippen molar-refractivity contribution in [2.45, 2.75) is 44.6 Å². The van der Waals surface area contributed by atoms with E-state index in [1.165, 1.54) is 25.9 Å². The fourth-order valence-corrected chi connectivity index (χ4v) is 3.50. The van der Waals surface area contributed by atoms with E-state index in [1.807, 2.05) is 0 Å². The Morgan fingerprint density at radius 3 is 2.28 bits per heavy atom. The van der Waals surface area contributed by atoms with Crippen LogP contribution in [0.15, 0.2) is 12.2 Å². The second kappa shape index (κ2) is 5.43. The highest BCUT2D eigenvalue weighted by molar-refractivity contribution is 5.72. The molecule has 4 aliphatic rings. The smallest absolute Gasteiger partial charge is 0.309 e. The lowest BCUT2D eigenvalue weighted by Crippen LogP contribution is -2.52. The highest BCUT2D eigenvalue weighted by Gasteiger charge is 2.37. The van der Waals surface area contributed by atoms with E-state index in [4.69, 9.17) is 4.74 Å². The zero-order chi connectivity index (χ0) is 12.4. The third-order valence-electron chi connectivity index (χ3n) is 4.73. The van der Waals surface area contributed by atoms with Crippen LogP contribution in [0.1, 0.15) is 38.5 Å². The summed E-state index contributed by atoms with van der Waals surface area (Å²) in [5.74, 6) is 0.829. The largest absolute Gasteiger partial charge is 0.460 e. The van der Waals surface area contributed by atoms with Crippen LogP contribution >= 0.6 is 0 Å². The number of hydrogen-bond donors (Lipinski definition) is 0. The molecule has 0 aromatic heterocycles. The van der Waals surface area contributed by atoms with Gasteiger partial charge in [-0.05, 0) is 57.5 Å². The normalized spacial score (nSPS) is 36.3. The maximum absolute atomic E-state index is 12.2. The highest BCUT2D eigenvalue weighted by atomic mass is 16.5. The summed E-state index contributed by atoms with van der Waals surface area (Å²) >= 11 is 0. The van der Waals surface area contributed by atoms with Crippen LogP contribution in [0, 0.1) is 11.8 Å². The van der Waals surface area contributed by atoms with E-state index in [1.54, 1.807) is 0 Å². The van der Waals surface area contributed by atoms with Gasteiger partial charge >= 0.3 is 5.97 Å². The number of carbonyl (C=O) groups excluding carboxylic acids is 1. The Hall–Kier alpha value is -0.830. The first kappa shape index (κ1) is 12.2. The molecule has 3 nitrogen and oxygen atoms in total. The Labute approximate surface area is 109 Å². The second-order valence-electron chi connectivity index (χ2n) is 5.94. The van der Waals surface area contributed by atoms with E-state index in [0.717, 1.165) is 32.2 Å². The summed E-state index contributed by atoms with van der Waals surface area (Å²) in [6, 6.07) is 0. The molecule has 3 heterocycles. The van der Waals surface area contributed by atoms with Gasteiger partial charge < -0.3 is 4.74 Å². The standard InChI is InChI=1S/C15H23NO2/c17-15(13-5-3-1-2-4-6-13)18-14-11-16-9-7-12(14)8-10-16/h1-2,12-14H,3-11H2/t14-/m0/s1. The van der Waals surface area contributed by atoms with E-state index in [-0.39, 0.29) is 18.0 Å².